The highest BCUT2D eigenvalue weighted by Crippen LogP contribution is 2.32. The third-order valence-electron chi connectivity index (χ3n) is 4.04. The third kappa shape index (κ3) is 5.53. The lowest BCUT2D eigenvalue weighted by Crippen LogP contribution is -2.13. The van der Waals surface area contributed by atoms with Crippen LogP contribution in [-0.2, 0) is 11.0 Å². The van der Waals surface area contributed by atoms with Gasteiger partial charge in [0.1, 0.15) is 17.1 Å². The molecule has 0 aliphatic carbocycles. The van der Waals surface area contributed by atoms with Gasteiger partial charge in [0.15, 0.2) is 10.9 Å². The number of alkyl halides is 3. The molecule has 0 aliphatic rings. The summed E-state index contributed by atoms with van der Waals surface area (Å²) in [4.78, 5) is 19.9. The van der Waals surface area contributed by atoms with E-state index in [1.54, 1.807) is 31.4 Å². The Morgan fingerprint density at radius 3 is 2.67 bits per heavy atom. The highest BCUT2D eigenvalue weighted by Gasteiger charge is 2.34. The first-order valence-electron chi connectivity index (χ1n) is 8.83. The topological polar surface area (TPSA) is 77.2 Å². The molecule has 0 fully saturated rings. The van der Waals surface area contributed by atoms with E-state index in [4.69, 9.17) is 9.15 Å². The van der Waals surface area contributed by atoms with Gasteiger partial charge in [-0.15, -0.1) is 0 Å². The minimum absolute atomic E-state index is 0.0307. The molecule has 2 aromatic heterocycles. The molecule has 1 amide bonds. The summed E-state index contributed by atoms with van der Waals surface area (Å²) < 4.78 is 49.8. The molecule has 0 atom stereocenters. The van der Waals surface area contributed by atoms with Crippen molar-refractivity contribution >= 4 is 23.4 Å². The fourth-order valence-electron chi connectivity index (χ4n) is 2.54. The summed E-state index contributed by atoms with van der Waals surface area (Å²) in [7, 11) is 1.55. The van der Waals surface area contributed by atoms with Crippen LogP contribution in [0.4, 0.5) is 18.9 Å². The van der Waals surface area contributed by atoms with Crippen molar-refractivity contribution in [3.05, 3.63) is 53.9 Å². The average molecular weight is 437 g/mol. The zero-order valence-electron chi connectivity index (χ0n) is 16.1. The molecule has 3 rings (SSSR count). The normalized spacial score (nSPS) is 11.4. The molecule has 0 unspecified atom stereocenters. The van der Waals surface area contributed by atoms with Crippen molar-refractivity contribution in [2.24, 2.45) is 0 Å². The van der Waals surface area contributed by atoms with E-state index in [0.717, 1.165) is 23.4 Å². The first-order valence-corrected chi connectivity index (χ1v) is 9.82. The maximum Gasteiger partial charge on any atom is 0.433 e. The number of carbonyl (C=O) groups excluding carboxylic acids is 1. The Labute approximate surface area is 174 Å². The van der Waals surface area contributed by atoms with E-state index in [-0.39, 0.29) is 34.7 Å². The molecule has 3 aromatic rings. The van der Waals surface area contributed by atoms with E-state index >= 15 is 0 Å². The van der Waals surface area contributed by atoms with Gasteiger partial charge in [-0.05, 0) is 48.9 Å². The average Bonchev–Trinajstić information content (AvgIpc) is 3.23. The number of methoxy groups -OCH3 is 1. The van der Waals surface area contributed by atoms with Gasteiger partial charge in [0.25, 0.3) is 0 Å². The lowest BCUT2D eigenvalue weighted by Gasteiger charge is -2.11. The number of rotatable bonds is 7. The van der Waals surface area contributed by atoms with Crippen LogP contribution in [0.25, 0.3) is 11.5 Å². The summed E-state index contributed by atoms with van der Waals surface area (Å²) in [6.45, 7) is 1.83. The third-order valence-corrected chi connectivity index (χ3v) is 4.89. The summed E-state index contributed by atoms with van der Waals surface area (Å²) in [6.07, 6.45) is -3.20. The van der Waals surface area contributed by atoms with Crippen LogP contribution >= 0.6 is 11.8 Å². The van der Waals surface area contributed by atoms with Gasteiger partial charge in [-0.3, -0.25) is 4.79 Å². The molecule has 0 saturated heterocycles. The first kappa shape index (κ1) is 21.7. The van der Waals surface area contributed by atoms with Crippen LogP contribution in [0, 0.1) is 6.92 Å². The molecule has 0 bridgehead atoms. The van der Waals surface area contributed by atoms with E-state index in [1.807, 2.05) is 6.92 Å². The van der Waals surface area contributed by atoms with E-state index in [2.05, 4.69) is 15.3 Å². The highest BCUT2D eigenvalue weighted by molar-refractivity contribution is 7.99. The quantitative estimate of drug-likeness (QED) is 0.405. The number of hydrogen-bond donors (Lipinski definition) is 1. The summed E-state index contributed by atoms with van der Waals surface area (Å²) in [5.74, 6) is 0.821. The predicted octanol–water partition coefficient (Wildman–Crippen LogP) is 5.19. The number of thioether (sulfide) groups is 1. The Morgan fingerprint density at radius 2 is 2.03 bits per heavy atom. The van der Waals surface area contributed by atoms with Gasteiger partial charge in [-0.1, -0.05) is 11.8 Å². The maximum atomic E-state index is 13.2. The summed E-state index contributed by atoms with van der Waals surface area (Å²) in [6, 6.07) is 9.15. The van der Waals surface area contributed by atoms with Crippen LogP contribution in [0.3, 0.4) is 0 Å². The summed E-state index contributed by atoms with van der Waals surface area (Å²) in [5.41, 5.74) is 0.439. The molecule has 1 N–H and O–H groups in total. The molecule has 0 spiro atoms. The van der Waals surface area contributed by atoms with E-state index in [9.17, 15) is 18.0 Å². The predicted molar refractivity (Wildman–Crippen MR) is 106 cm³/mol. The second kappa shape index (κ2) is 9.21. The monoisotopic (exact) mass is 437 g/mol. The maximum absolute atomic E-state index is 13.2. The van der Waals surface area contributed by atoms with Crippen molar-refractivity contribution in [2.75, 3.05) is 18.2 Å². The number of nitrogens with zero attached hydrogens (tertiary/aromatic N) is 2. The van der Waals surface area contributed by atoms with Crippen molar-refractivity contribution in [1.29, 1.82) is 0 Å². The van der Waals surface area contributed by atoms with Crippen molar-refractivity contribution in [3.8, 4) is 17.2 Å². The van der Waals surface area contributed by atoms with E-state index < -0.39 is 11.9 Å². The molecular weight excluding hydrogens is 419 g/mol. The van der Waals surface area contributed by atoms with E-state index in [1.165, 1.54) is 12.3 Å². The Balaban J connectivity index is 1.65. The molecule has 1 aromatic carbocycles. The number of ether oxygens (including phenoxy) is 1. The van der Waals surface area contributed by atoms with Gasteiger partial charge in [-0.25, -0.2) is 9.97 Å². The Hall–Kier alpha value is -3.01. The van der Waals surface area contributed by atoms with Gasteiger partial charge < -0.3 is 14.5 Å². The number of amides is 1. The Morgan fingerprint density at radius 1 is 1.23 bits per heavy atom. The highest BCUT2D eigenvalue weighted by atomic mass is 32.2. The zero-order chi connectivity index (χ0) is 21.7. The second-order valence-corrected chi connectivity index (χ2v) is 7.29. The molecule has 30 heavy (non-hydrogen) atoms. The van der Waals surface area contributed by atoms with Crippen molar-refractivity contribution < 1.29 is 27.1 Å². The molecular formula is C20H18F3N3O3S. The zero-order valence-corrected chi connectivity index (χ0v) is 16.9. The van der Waals surface area contributed by atoms with Crippen LogP contribution in [0.1, 0.15) is 17.7 Å². The van der Waals surface area contributed by atoms with Gasteiger partial charge in [0, 0.05) is 17.9 Å². The molecule has 0 saturated carbocycles. The number of furan rings is 1. The first-order chi connectivity index (χ1) is 14.3. The van der Waals surface area contributed by atoms with Gasteiger partial charge in [0.05, 0.1) is 13.4 Å². The van der Waals surface area contributed by atoms with Crippen LogP contribution in [0.5, 0.6) is 5.75 Å². The number of carbonyl (C=O) groups is 1. The Bertz CT molecular complexity index is 1020. The van der Waals surface area contributed by atoms with Gasteiger partial charge >= 0.3 is 6.18 Å². The summed E-state index contributed by atoms with van der Waals surface area (Å²) in [5, 5.41) is 2.69. The Kier molecular flexibility index (Phi) is 6.66. The minimum Gasteiger partial charge on any atom is -0.497 e. The van der Waals surface area contributed by atoms with Crippen molar-refractivity contribution in [3.63, 3.8) is 0 Å². The number of nitrogens with one attached hydrogen (secondary N) is 1. The number of aryl methyl sites for hydroxylation is 1. The van der Waals surface area contributed by atoms with Crippen LogP contribution < -0.4 is 10.1 Å². The molecule has 10 heteroatoms. The number of hydrogen-bond acceptors (Lipinski definition) is 6. The van der Waals surface area contributed by atoms with Crippen LogP contribution in [-0.4, -0.2) is 28.7 Å². The number of aromatic nitrogens is 2. The SMILES string of the molecule is COc1ccc(NC(=O)CCSc2nc(-c3ccco3)cc(C(F)(F)F)n2)c(C)c1. The number of benzene rings is 1. The van der Waals surface area contributed by atoms with Crippen molar-refractivity contribution in [2.45, 2.75) is 24.7 Å². The van der Waals surface area contributed by atoms with Crippen LogP contribution in [0.2, 0.25) is 0 Å². The van der Waals surface area contributed by atoms with Crippen LogP contribution in [0.15, 0.2) is 52.2 Å². The molecule has 0 aliphatic heterocycles. The smallest absolute Gasteiger partial charge is 0.433 e. The standard InChI is InChI=1S/C20H18F3N3O3S/c1-12-10-13(28-2)5-6-14(12)24-18(27)7-9-30-19-25-15(16-4-3-8-29-16)11-17(26-19)20(21,22)23/h3-6,8,10-11H,7,9H2,1-2H3,(H,24,27). The fraction of sp³-hybridized carbons (Fsp3) is 0.250. The van der Waals surface area contributed by atoms with E-state index in [0.29, 0.717) is 11.4 Å². The fourth-order valence-corrected chi connectivity index (χ4v) is 3.33. The minimum atomic E-state index is -4.62. The second-order valence-electron chi connectivity index (χ2n) is 6.22. The molecule has 2 heterocycles. The van der Waals surface area contributed by atoms with Gasteiger partial charge in [-0.2, -0.15) is 13.2 Å². The van der Waals surface area contributed by atoms with Crippen molar-refractivity contribution in [1.82, 2.24) is 9.97 Å². The lowest BCUT2D eigenvalue weighted by atomic mass is 10.2. The summed E-state index contributed by atoms with van der Waals surface area (Å²) >= 11 is 0.967. The largest absolute Gasteiger partial charge is 0.497 e. The molecule has 6 nitrogen and oxygen atoms in total. The number of halogens is 3. The number of anilines is 1. The molecule has 158 valence electrons. The lowest BCUT2D eigenvalue weighted by molar-refractivity contribution is -0.141. The molecule has 0 radical (unpaired) electrons. The van der Waals surface area contributed by atoms with Gasteiger partial charge in [0.2, 0.25) is 5.91 Å².